The highest BCUT2D eigenvalue weighted by Gasteiger charge is 2.28. The van der Waals surface area contributed by atoms with Crippen molar-refractivity contribution < 1.29 is 14.3 Å². The van der Waals surface area contributed by atoms with Gasteiger partial charge < -0.3 is 10.5 Å². The first-order chi connectivity index (χ1) is 8.41. The predicted octanol–water partition coefficient (Wildman–Crippen LogP) is 0.270. The van der Waals surface area contributed by atoms with Crippen molar-refractivity contribution in [1.29, 1.82) is 0 Å². The summed E-state index contributed by atoms with van der Waals surface area (Å²) in [5, 5.41) is 0. The van der Waals surface area contributed by atoms with Crippen molar-refractivity contribution in [3.63, 3.8) is 0 Å². The number of imide groups is 1. The number of amides is 2. The van der Waals surface area contributed by atoms with Crippen LogP contribution in [0.3, 0.4) is 0 Å². The Balaban J connectivity index is 2.29. The number of hydrogen-bond acceptors (Lipinski definition) is 5. The Morgan fingerprint density at radius 1 is 1.56 bits per heavy atom. The summed E-state index contributed by atoms with van der Waals surface area (Å²) in [5.74, 6) is 0.223. The minimum atomic E-state index is -0.535. The number of hydrogen-bond donors (Lipinski definition) is 1. The van der Waals surface area contributed by atoms with Crippen molar-refractivity contribution in [2.45, 2.75) is 26.3 Å². The highest BCUT2D eigenvalue weighted by molar-refractivity contribution is 5.93. The SMILES string of the molecule is CC(C)C(N)CCN(C)CC(=O)N1CCOC1=O. The van der Waals surface area contributed by atoms with E-state index in [1.54, 1.807) is 0 Å². The van der Waals surface area contributed by atoms with Gasteiger partial charge in [-0.15, -0.1) is 0 Å². The number of nitrogens with zero attached hydrogens (tertiary/aromatic N) is 2. The van der Waals surface area contributed by atoms with Crippen LogP contribution in [0, 0.1) is 5.92 Å². The Hall–Kier alpha value is -1.14. The van der Waals surface area contributed by atoms with E-state index in [4.69, 9.17) is 10.5 Å². The lowest BCUT2D eigenvalue weighted by Gasteiger charge is -2.22. The minimum absolute atomic E-state index is 0.138. The van der Waals surface area contributed by atoms with Gasteiger partial charge in [0.1, 0.15) is 6.61 Å². The molecule has 18 heavy (non-hydrogen) atoms. The Kier molecular flexibility index (Phi) is 5.55. The molecule has 104 valence electrons. The lowest BCUT2D eigenvalue weighted by atomic mass is 10.0. The van der Waals surface area contributed by atoms with Crippen LogP contribution in [-0.4, -0.2) is 61.1 Å². The van der Waals surface area contributed by atoms with Crippen LogP contribution in [0.5, 0.6) is 0 Å². The zero-order valence-electron chi connectivity index (χ0n) is 11.4. The molecule has 1 rings (SSSR count). The number of carbonyl (C=O) groups is 2. The molecule has 2 N–H and O–H groups in total. The Morgan fingerprint density at radius 2 is 2.22 bits per heavy atom. The molecule has 0 aromatic rings. The predicted molar refractivity (Wildman–Crippen MR) is 68.0 cm³/mol. The van der Waals surface area contributed by atoms with Crippen LogP contribution in [0.25, 0.3) is 0 Å². The minimum Gasteiger partial charge on any atom is -0.447 e. The first-order valence-electron chi connectivity index (χ1n) is 6.33. The fourth-order valence-corrected chi connectivity index (χ4v) is 1.72. The van der Waals surface area contributed by atoms with Gasteiger partial charge in [-0.1, -0.05) is 13.8 Å². The fourth-order valence-electron chi connectivity index (χ4n) is 1.72. The van der Waals surface area contributed by atoms with Crippen molar-refractivity contribution in [1.82, 2.24) is 9.80 Å². The molecular formula is C12H23N3O3. The van der Waals surface area contributed by atoms with E-state index in [9.17, 15) is 9.59 Å². The molecule has 1 atom stereocenters. The maximum Gasteiger partial charge on any atom is 0.416 e. The van der Waals surface area contributed by atoms with Crippen LogP contribution >= 0.6 is 0 Å². The van der Waals surface area contributed by atoms with E-state index in [0.717, 1.165) is 17.9 Å². The molecule has 0 radical (unpaired) electrons. The molecule has 6 nitrogen and oxygen atoms in total. The summed E-state index contributed by atoms with van der Waals surface area (Å²) in [5.41, 5.74) is 5.94. The van der Waals surface area contributed by atoms with E-state index < -0.39 is 6.09 Å². The molecule has 2 amide bonds. The fraction of sp³-hybridized carbons (Fsp3) is 0.833. The van der Waals surface area contributed by atoms with Crippen LogP contribution in [0.15, 0.2) is 0 Å². The number of cyclic esters (lactones) is 1. The summed E-state index contributed by atoms with van der Waals surface area (Å²) in [6, 6.07) is 0.138. The highest BCUT2D eigenvalue weighted by atomic mass is 16.6. The summed E-state index contributed by atoms with van der Waals surface area (Å²) in [6.45, 7) is 5.78. The maximum atomic E-state index is 11.8. The third-order valence-corrected chi connectivity index (χ3v) is 3.17. The average molecular weight is 257 g/mol. The zero-order valence-corrected chi connectivity index (χ0v) is 11.4. The molecular weight excluding hydrogens is 234 g/mol. The van der Waals surface area contributed by atoms with E-state index in [1.165, 1.54) is 0 Å². The smallest absolute Gasteiger partial charge is 0.416 e. The molecule has 0 aromatic heterocycles. The van der Waals surface area contributed by atoms with Gasteiger partial charge in [-0.25, -0.2) is 9.69 Å². The molecule has 1 unspecified atom stereocenters. The highest BCUT2D eigenvalue weighted by Crippen LogP contribution is 2.06. The van der Waals surface area contributed by atoms with Crippen LogP contribution < -0.4 is 5.73 Å². The topological polar surface area (TPSA) is 75.9 Å². The molecule has 1 aliphatic heterocycles. The number of likely N-dealkylation sites (N-methyl/N-ethyl adjacent to an activating group) is 1. The normalized spacial score (nSPS) is 17.4. The summed E-state index contributed by atoms with van der Waals surface area (Å²) in [4.78, 5) is 26.0. The Labute approximate surface area is 108 Å². The second kappa shape index (κ2) is 6.70. The Bertz CT molecular complexity index is 307. The van der Waals surface area contributed by atoms with Gasteiger partial charge in [-0.05, 0) is 25.9 Å². The average Bonchev–Trinajstić information content (AvgIpc) is 2.72. The summed E-state index contributed by atoms with van der Waals surface area (Å²) >= 11 is 0. The third kappa shape index (κ3) is 4.27. The second-order valence-corrected chi connectivity index (χ2v) is 5.09. The number of ether oxygens (including phenoxy) is 1. The van der Waals surface area contributed by atoms with Gasteiger partial charge in [0, 0.05) is 6.04 Å². The number of nitrogens with two attached hydrogens (primary N) is 1. The van der Waals surface area contributed by atoms with E-state index in [0.29, 0.717) is 19.1 Å². The lowest BCUT2D eigenvalue weighted by Crippen LogP contribution is -2.41. The molecule has 1 fully saturated rings. The van der Waals surface area contributed by atoms with Gasteiger partial charge in [0.15, 0.2) is 0 Å². The van der Waals surface area contributed by atoms with E-state index in [-0.39, 0.29) is 18.5 Å². The van der Waals surface area contributed by atoms with Crippen molar-refractivity contribution >= 4 is 12.0 Å². The summed E-state index contributed by atoms with van der Waals surface area (Å²) in [6.07, 6.45) is 0.304. The van der Waals surface area contributed by atoms with Crippen LogP contribution in [0.4, 0.5) is 4.79 Å². The van der Waals surface area contributed by atoms with Gasteiger partial charge in [0.2, 0.25) is 5.91 Å². The molecule has 0 aromatic carbocycles. The molecule has 1 saturated heterocycles. The molecule has 0 spiro atoms. The van der Waals surface area contributed by atoms with Crippen molar-refractivity contribution in [2.75, 3.05) is 33.3 Å². The second-order valence-electron chi connectivity index (χ2n) is 5.09. The van der Waals surface area contributed by atoms with E-state index >= 15 is 0 Å². The van der Waals surface area contributed by atoms with Gasteiger partial charge in [-0.2, -0.15) is 0 Å². The van der Waals surface area contributed by atoms with E-state index in [1.807, 2.05) is 11.9 Å². The Morgan fingerprint density at radius 3 is 2.72 bits per heavy atom. The largest absolute Gasteiger partial charge is 0.447 e. The van der Waals surface area contributed by atoms with Crippen LogP contribution in [-0.2, 0) is 9.53 Å². The molecule has 6 heteroatoms. The van der Waals surface area contributed by atoms with Crippen LogP contribution in [0.2, 0.25) is 0 Å². The molecule has 0 aliphatic carbocycles. The molecule has 0 saturated carbocycles. The maximum absolute atomic E-state index is 11.8. The summed E-state index contributed by atoms with van der Waals surface area (Å²) in [7, 11) is 1.85. The number of rotatable bonds is 6. The quantitative estimate of drug-likeness (QED) is 0.739. The van der Waals surface area contributed by atoms with Crippen molar-refractivity contribution in [2.24, 2.45) is 11.7 Å². The van der Waals surface area contributed by atoms with Gasteiger partial charge in [0.05, 0.1) is 13.1 Å². The van der Waals surface area contributed by atoms with Gasteiger partial charge in [0.25, 0.3) is 0 Å². The molecule has 0 bridgehead atoms. The molecule has 1 aliphatic rings. The van der Waals surface area contributed by atoms with Gasteiger partial charge >= 0.3 is 6.09 Å². The van der Waals surface area contributed by atoms with Crippen molar-refractivity contribution in [3.05, 3.63) is 0 Å². The lowest BCUT2D eigenvalue weighted by molar-refractivity contribution is -0.128. The third-order valence-electron chi connectivity index (χ3n) is 3.17. The van der Waals surface area contributed by atoms with E-state index in [2.05, 4.69) is 13.8 Å². The van der Waals surface area contributed by atoms with Gasteiger partial charge in [-0.3, -0.25) is 9.69 Å². The molecule has 1 heterocycles. The first kappa shape index (κ1) is 14.9. The number of carbonyl (C=O) groups excluding carboxylic acids is 2. The first-order valence-corrected chi connectivity index (χ1v) is 6.33. The zero-order chi connectivity index (χ0) is 13.7. The van der Waals surface area contributed by atoms with Crippen LogP contribution in [0.1, 0.15) is 20.3 Å². The van der Waals surface area contributed by atoms with Crippen molar-refractivity contribution in [3.8, 4) is 0 Å². The monoisotopic (exact) mass is 257 g/mol. The summed E-state index contributed by atoms with van der Waals surface area (Å²) < 4.78 is 4.73. The standard InChI is InChI=1S/C12H23N3O3/c1-9(2)10(13)4-5-14(3)8-11(16)15-6-7-18-12(15)17/h9-10H,4-8,13H2,1-3H3.